The molecule has 2 aromatic heterocycles. The van der Waals surface area contributed by atoms with E-state index in [1.165, 1.54) is 6.33 Å². The number of H-pyrrole nitrogens is 1. The van der Waals surface area contributed by atoms with Gasteiger partial charge in [0, 0.05) is 23.7 Å². The van der Waals surface area contributed by atoms with E-state index in [0.717, 1.165) is 41.8 Å². The molecular weight excluding hydrogens is 240 g/mol. The number of nitrogens with zero attached hydrogens (tertiary/aromatic N) is 4. The van der Waals surface area contributed by atoms with Crippen molar-refractivity contribution in [2.45, 2.75) is 12.8 Å². The number of rotatable bonds is 5. The Kier molecular flexibility index (Phi) is 3.31. The van der Waals surface area contributed by atoms with Crippen LogP contribution in [-0.2, 0) is 6.42 Å². The lowest BCUT2D eigenvalue weighted by atomic mass is 10.2. The zero-order chi connectivity index (χ0) is 12.9. The van der Waals surface area contributed by atoms with E-state index in [0.29, 0.717) is 0 Å². The Bertz CT molecular complexity index is 644. The predicted octanol–water partition coefficient (Wildman–Crippen LogP) is 1.79. The van der Waals surface area contributed by atoms with Gasteiger partial charge in [-0.15, -0.1) is 5.10 Å². The standard InChI is InChI=1S/C13H14N6/c1-2-5-11-10(4-1)8-16-19-13(11)14-7-3-6-12-15-9-17-18-12/h1-2,4-5,8-9H,3,6-7H2,(H,14,19)(H,15,17,18). The van der Waals surface area contributed by atoms with Gasteiger partial charge < -0.3 is 5.32 Å². The SMILES string of the molecule is c1ccc2c(NCCCc3ncn[nH]3)nncc2c1. The number of aromatic nitrogens is 5. The third-order valence-corrected chi connectivity index (χ3v) is 2.92. The van der Waals surface area contributed by atoms with E-state index in [9.17, 15) is 0 Å². The molecule has 0 saturated heterocycles. The quantitative estimate of drug-likeness (QED) is 0.679. The van der Waals surface area contributed by atoms with E-state index < -0.39 is 0 Å². The second-order valence-corrected chi connectivity index (χ2v) is 4.24. The number of hydrogen-bond acceptors (Lipinski definition) is 5. The summed E-state index contributed by atoms with van der Waals surface area (Å²) in [5.41, 5.74) is 0. The summed E-state index contributed by atoms with van der Waals surface area (Å²) in [7, 11) is 0. The zero-order valence-corrected chi connectivity index (χ0v) is 10.4. The van der Waals surface area contributed by atoms with Gasteiger partial charge in [0.05, 0.1) is 6.20 Å². The van der Waals surface area contributed by atoms with Crippen molar-refractivity contribution in [3.8, 4) is 0 Å². The molecule has 2 N–H and O–H groups in total. The van der Waals surface area contributed by atoms with Crippen LogP contribution in [0.15, 0.2) is 36.8 Å². The van der Waals surface area contributed by atoms with Crippen LogP contribution in [0.1, 0.15) is 12.2 Å². The van der Waals surface area contributed by atoms with Gasteiger partial charge in [0.25, 0.3) is 0 Å². The first-order chi connectivity index (χ1) is 9.43. The number of hydrogen-bond donors (Lipinski definition) is 2. The van der Waals surface area contributed by atoms with Gasteiger partial charge >= 0.3 is 0 Å². The van der Waals surface area contributed by atoms with Crippen LogP contribution in [0.5, 0.6) is 0 Å². The maximum Gasteiger partial charge on any atom is 0.156 e. The minimum absolute atomic E-state index is 0.823. The number of aryl methyl sites for hydroxylation is 1. The van der Waals surface area contributed by atoms with Crippen LogP contribution in [0.3, 0.4) is 0 Å². The summed E-state index contributed by atoms with van der Waals surface area (Å²) < 4.78 is 0. The highest BCUT2D eigenvalue weighted by Gasteiger charge is 2.02. The Morgan fingerprint density at radius 1 is 1.21 bits per heavy atom. The topological polar surface area (TPSA) is 79.4 Å². The second-order valence-electron chi connectivity index (χ2n) is 4.24. The summed E-state index contributed by atoms with van der Waals surface area (Å²) in [6, 6.07) is 8.08. The van der Waals surface area contributed by atoms with Crippen molar-refractivity contribution >= 4 is 16.6 Å². The molecule has 2 heterocycles. The molecule has 0 spiro atoms. The summed E-state index contributed by atoms with van der Waals surface area (Å²) in [5.74, 6) is 1.74. The minimum Gasteiger partial charge on any atom is -0.368 e. The number of nitrogens with one attached hydrogen (secondary N) is 2. The highest BCUT2D eigenvalue weighted by Crippen LogP contribution is 2.18. The monoisotopic (exact) mass is 254 g/mol. The normalized spacial score (nSPS) is 10.7. The fraction of sp³-hybridized carbons (Fsp3) is 0.231. The van der Waals surface area contributed by atoms with Gasteiger partial charge in [0.2, 0.25) is 0 Å². The lowest BCUT2D eigenvalue weighted by molar-refractivity contribution is 0.802. The molecule has 0 unspecified atom stereocenters. The highest BCUT2D eigenvalue weighted by atomic mass is 15.2. The smallest absolute Gasteiger partial charge is 0.156 e. The highest BCUT2D eigenvalue weighted by molar-refractivity contribution is 5.90. The number of fused-ring (bicyclic) bond motifs is 1. The van der Waals surface area contributed by atoms with Crippen LogP contribution >= 0.6 is 0 Å². The molecule has 0 radical (unpaired) electrons. The average Bonchev–Trinajstić information content (AvgIpc) is 2.97. The van der Waals surface area contributed by atoms with Gasteiger partial charge in [0.1, 0.15) is 12.2 Å². The average molecular weight is 254 g/mol. The van der Waals surface area contributed by atoms with Crippen molar-refractivity contribution in [1.82, 2.24) is 25.4 Å². The zero-order valence-electron chi connectivity index (χ0n) is 10.4. The van der Waals surface area contributed by atoms with Gasteiger partial charge in [0.15, 0.2) is 5.82 Å². The molecule has 0 fully saturated rings. The van der Waals surface area contributed by atoms with E-state index >= 15 is 0 Å². The van der Waals surface area contributed by atoms with Crippen molar-refractivity contribution in [1.29, 1.82) is 0 Å². The van der Waals surface area contributed by atoms with Crippen molar-refractivity contribution in [3.63, 3.8) is 0 Å². The van der Waals surface area contributed by atoms with Crippen molar-refractivity contribution in [2.75, 3.05) is 11.9 Å². The van der Waals surface area contributed by atoms with E-state index in [-0.39, 0.29) is 0 Å². The molecule has 6 heteroatoms. The molecule has 6 nitrogen and oxygen atoms in total. The molecule has 3 aromatic rings. The lowest BCUT2D eigenvalue weighted by Gasteiger charge is -2.06. The molecule has 19 heavy (non-hydrogen) atoms. The number of anilines is 1. The van der Waals surface area contributed by atoms with Gasteiger partial charge in [-0.05, 0) is 6.42 Å². The Morgan fingerprint density at radius 2 is 2.16 bits per heavy atom. The maximum atomic E-state index is 4.14. The maximum absolute atomic E-state index is 4.14. The van der Waals surface area contributed by atoms with E-state index in [1.807, 2.05) is 24.3 Å². The molecule has 3 rings (SSSR count). The fourth-order valence-corrected chi connectivity index (χ4v) is 1.97. The number of aromatic amines is 1. The van der Waals surface area contributed by atoms with Gasteiger partial charge in [-0.25, -0.2) is 4.98 Å². The lowest BCUT2D eigenvalue weighted by Crippen LogP contribution is -2.06. The van der Waals surface area contributed by atoms with Crippen molar-refractivity contribution < 1.29 is 0 Å². The van der Waals surface area contributed by atoms with Crippen LogP contribution in [0.25, 0.3) is 10.8 Å². The van der Waals surface area contributed by atoms with Crippen LogP contribution in [0.2, 0.25) is 0 Å². The summed E-state index contributed by atoms with van der Waals surface area (Å²) in [6.07, 6.45) is 5.12. The molecular formula is C13H14N6. The first kappa shape index (κ1) is 11.6. The fourth-order valence-electron chi connectivity index (χ4n) is 1.97. The van der Waals surface area contributed by atoms with Gasteiger partial charge in [-0.2, -0.15) is 10.2 Å². The van der Waals surface area contributed by atoms with Gasteiger partial charge in [-0.1, -0.05) is 24.3 Å². The molecule has 96 valence electrons. The molecule has 0 amide bonds. The molecule has 0 aliphatic heterocycles. The van der Waals surface area contributed by atoms with Crippen molar-refractivity contribution in [2.24, 2.45) is 0 Å². The molecule has 0 bridgehead atoms. The van der Waals surface area contributed by atoms with E-state index in [1.54, 1.807) is 6.20 Å². The number of benzene rings is 1. The Labute approximate surface area is 110 Å². The Morgan fingerprint density at radius 3 is 3.05 bits per heavy atom. The Balaban J connectivity index is 1.62. The van der Waals surface area contributed by atoms with Crippen LogP contribution in [0.4, 0.5) is 5.82 Å². The van der Waals surface area contributed by atoms with E-state index in [2.05, 4.69) is 30.7 Å². The minimum atomic E-state index is 0.823. The van der Waals surface area contributed by atoms with Crippen molar-refractivity contribution in [3.05, 3.63) is 42.6 Å². The summed E-state index contributed by atoms with van der Waals surface area (Å²) >= 11 is 0. The third kappa shape index (κ3) is 2.67. The Hall–Kier alpha value is -2.50. The first-order valence-corrected chi connectivity index (χ1v) is 6.22. The second kappa shape index (κ2) is 5.43. The van der Waals surface area contributed by atoms with E-state index in [4.69, 9.17) is 0 Å². The van der Waals surface area contributed by atoms with Crippen LogP contribution in [-0.4, -0.2) is 31.9 Å². The molecule has 0 atom stereocenters. The van der Waals surface area contributed by atoms with Crippen LogP contribution in [0, 0.1) is 0 Å². The molecule has 1 aromatic carbocycles. The summed E-state index contributed by atoms with van der Waals surface area (Å²) in [6.45, 7) is 0.823. The molecule has 0 saturated carbocycles. The third-order valence-electron chi connectivity index (χ3n) is 2.92. The van der Waals surface area contributed by atoms with Crippen LogP contribution < -0.4 is 5.32 Å². The largest absolute Gasteiger partial charge is 0.368 e. The summed E-state index contributed by atoms with van der Waals surface area (Å²) in [4.78, 5) is 4.09. The predicted molar refractivity (Wildman–Crippen MR) is 72.7 cm³/mol. The molecule has 0 aliphatic carbocycles. The summed E-state index contributed by atoms with van der Waals surface area (Å²) in [5, 5.41) is 20.3. The first-order valence-electron chi connectivity index (χ1n) is 6.22. The molecule has 0 aliphatic rings. The van der Waals surface area contributed by atoms with Gasteiger partial charge in [-0.3, -0.25) is 5.10 Å².